The first-order valence-corrected chi connectivity index (χ1v) is 9.55. The molecule has 0 bridgehead atoms. The highest BCUT2D eigenvalue weighted by atomic mass is 16.5. The largest absolute Gasteiger partial charge is 0.489 e. The zero-order valence-electron chi connectivity index (χ0n) is 15.5. The molecule has 138 valence electrons. The quantitative estimate of drug-likeness (QED) is 0.648. The Kier molecular flexibility index (Phi) is 4.85. The summed E-state index contributed by atoms with van der Waals surface area (Å²) in [5.41, 5.74) is 3.71. The summed E-state index contributed by atoms with van der Waals surface area (Å²) in [6.45, 7) is 2.68. The summed E-state index contributed by atoms with van der Waals surface area (Å²) in [6, 6.07) is 21.0. The Morgan fingerprint density at radius 3 is 2.70 bits per heavy atom. The number of carboxylic acids is 1. The molecule has 2 unspecified atom stereocenters. The van der Waals surface area contributed by atoms with Crippen molar-refractivity contribution in [2.24, 2.45) is 5.92 Å². The Morgan fingerprint density at radius 1 is 1.07 bits per heavy atom. The van der Waals surface area contributed by atoms with Crippen LogP contribution in [0.3, 0.4) is 0 Å². The molecule has 3 aromatic carbocycles. The highest BCUT2D eigenvalue weighted by molar-refractivity contribution is 5.82. The van der Waals surface area contributed by atoms with E-state index in [9.17, 15) is 4.79 Å². The van der Waals surface area contributed by atoms with Crippen LogP contribution < -0.4 is 4.74 Å². The molecule has 0 heterocycles. The van der Waals surface area contributed by atoms with Crippen LogP contribution in [-0.4, -0.2) is 11.1 Å². The molecule has 4 rings (SSSR count). The van der Waals surface area contributed by atoms with E-state index in [0.29, 0.717) is 6.61 Å². The van der Waals surface area contributed by atoms with E-state index in [2.05, 4.69) is 55.5 Å². The van der Waals surface area contributed by atoms with E-state index in [4.69, 9.17) is 9.84 Å². The van der Waals surface area contributed by atoms with Gasteiger partial charge in [0.15, 0.2) is 0 Å². The fourth-order valence-electron chi connectivity index (χ4n) is 4.18. The number of carbonyl (C=O) groups is 1. The molecule has 2 atom stereocenters. The SMILES string of the molecule is CC1c2ccc(OCc3ccc4ccccc4c3)cc2CCC1CC(=O)O. The monoisotopic (exact) mass is 360 g/mol. The molecule has 0 saturated heterocycles. The Morgan fingerprint density at radius 2 is 1.89 bits per heavy atom. The van der Waals surface area contributed by atoms with Crippen molar-refractivity contribution >= 4 is 16.7 Å². The third-order valence-electron chi connectivity index (χ3n) is 5.75. The summed E-state index contributed by atoms with van der Waals surface area (Å²) in [6.07, 6.45) is 2.10. The van der Waals surface area contributed by atoms with E-state index in [1.54, 1.807) is 0 Å². The maximum absolute atomic E-state index is 11.1. The molecule has 3 nitrogen and oxygen atoms in total. The molecule has 3 aromatic rings. The molecular formula is C24H24O3. The first-order valence-electron chi connectivity index (χ1n) is 9.55. The van der Waals surface area contributed by atoms with Crippen LogP contribution >= 0.6 is 0 Å². The molecule has 0 spiro atoms. The minimum absolute atomic E-state index is 0.222. The fraction of sp³-hybridized carbons (Fsp3) is 0.292. The van der Waals surface area contributed by atoms with Crippen LogP contribution in [0.2, 0.25) is 0 Å². The zero-order valence-corrected chi connectivity index (χ0v) is 15.5. The van der Waals surface area contributed by atoms with Crippen molar-refractivity contribution < 1.29 is 14.6 Å². The summed E-state index contributed by atoms with van der Waals surface area (Å²) in [5, 5.41) is 11.6. The summed E-state index contributed by atoms with van der Waals surface area (Å²) in [7, 11) is 0. The molecule has 1 N–H and O–H groups in total. The number of hydrogen-bond donors (Lipinski definition) is 1. The number of rotatable bonds is 5. The zero-order chi connectivity index (χ0) is 18.8. The van der Waals surface area contributed by atoms with Gasteiger partial charge in [-0.15, -0.1) is 0 Å². The lowest BCUT2D eigenvalue weighted by Gasteiger charge is -2.30. The van der Waals surface area contributed by atoms with Gasteiger partial charge in [0.25, 0.3) is 0 Å². The van der Waals surface area contributed by atoms with Gasteiger partial charge in [0.2, 0.25) is 0 Å². The molecular weight excluding hydrogens is 336 g/mol. The van der Waals surface area contributed by atoms with Gasteiger partial charge in [-0.05, 0) is 70.3 Å². The summed E-state index contributed by atoms with van der Waals surface area (Å²) in [5.74, 6) is 0.676. The van der Waals surface area contributed by atoms with E-state index in [1.165, 1.54) is 21.9 Å². The van der Waals surface area contributed by atoms with Gasteiger partial charge in [0, 0.05) is 6.42 Å². The van der Waals surface area contributed by atoms with E-state index in [1.807, 2.05) is 12.1 Å². The van der Waals surface area contributed by atoms with Gasteiger partial charge in [-0.2, -0.15) is 0 Å². The van der Waals surface area contributed by atoms with Crippen molar-refractivity contribution in [2.75, 3.05) is 0 Å². The van der Waals surface area contributed by atoms with Gasteiger partial charge in [-0.25, -0.2) is 0 Å². The molecule has 1 aliphatic rings. The number of carboxylic acid groups (broad SMARTS) is 1. The lowest BCUT2D eigenvalue weighted by atomic mass is 9.74. The summed E-state index contributed by atoms with van der Waals surface area (Å²) >= 11 is 0. The third-order valence-corrected chi connectivity index (χ3v) is 5.75. The minimum Gasteiger partial charge on any atom is -0.489 e. The maximum atomic E-state index is 11.1. The third kappa shape index (κ3) is 3.82. The van der Waals surface area contributed by atoms with E-state index in [-0.39, 0.29) is 18.3 Å². The highest BCUT2D eigenvalue weighted by Gasteiger charge is 2.28. The van der Waals surface area contributed by atoms with Crippen LogP contribution in [0.15, 0.2) is 60.7 Å². The van der Waals surface area contributed by atoms with E-state index < -0.39 is 5.97 Å². The predicted octanol–water partition coefficient (Wildman–Crippen LogP) is 5.56. The number of fused-ring (bicyclic) bond motifs is 2. The number of benzene rings is 3. The second-order valence-electron chi connectivity index (χ2n) is 7.52. The average molecular weight is 360 g/mol. The number of aryl methyl sites for hydroxylation is 1. The Labute approximate surface area is 159 Å². The predicted molar refractivity (Wildman–Crippen MR) is 107 cm³/mol. The van der Waals surface area contributed by atoms with Crippen molar-refractivity contribution in [1.82, 2.24) is 0 Å². The molecule has 1 aliphatic carbocycles. The van der Waals surface area contributed by atoms with Crippen molar-refractivity contribution in [2.45, 2.75) is 38.7 Å². The van der Waals surface area contributed by atoms with Crippen LogP contribution in [0.25, 0.3) is 10.8 Å². The molecule has 3 heteroatoms. The molecule has 0 fully saturated rings. The Balaban J connectivity index is 1.47. The van der Waals surface area contributed by atoms with Crippen molar-refractivity contribution in [3.63, 3.8) is 0 Å². The summed E-state index contributed by atoms with van der Waals surface area (Å²) < 4.78 is 6.04. The smallest absolute Gasteiger partial charge is 0.303 e. The second-order valence-corrected chi connectivity index (χ2v) is 7.52. The first-order chi connectivity index (χ1) is 13.1. The van der Waals surface area contributed by atoms with Gasteiger partial charge in [-0.1, -0.05) is 49.4 Å². The van der Waals surface area contributed by atoms with Gasteiger partial charge in [0.1, 0.15) is 12.4 Å². The van der Waals surface area contributed by atoms with Crippen molar-refractivity contribution in [3.05, 3.63) is 77.4 Å². The molecule has 27 heavy (non-hydrogen) atoms. The maximum Gasteiger partial charge on any atom is 0.303 e. The highest BCUT2D eigenvalue weighted by Crippen LogP contribution is 2.39. The van der Waals surface area contributed by atoms with Gasteiger partial charge in [-0.3, -0.25) is 4.79 Å². The number of aliphatic carboxylic acids is 1. The minimum atomic E-state index is -0.703. The number of ether oxygens (including phenoxy) is 1. The van der Waals surface area contributed by atoms with Gasteiger partial charge >= 0.3 is 5.97 Å². The van der Waals surface area contributed by atoms with Crippen LogP contribution in [0.1, 0.15) is 42.4 Å². The molecule has 0 radical (unpaired) electrons. The molecule has 0 aliphatic heterocycles. The first kappa shape index (κ1) is 17.6. The topological polar surface area (TPSA) is 46.5 Å². The van der Waals surface area contributed by atoms with Gasteiger partial charge < -0.3 is 9.84 Å². The van der Waals surface area contributed by atoms with Crippen molar-refractivity contribution in [3.8, 4) is 5.75 Å². The number of hydrogen-bond acceptors (Lipinski definition) is 2. The lowest BCUT2D eigenvalue weighted by Crippen LogP contribution is -2.21. The molecule has 0 aromatic heterocycles. The van der Waals surface area contributed by atoms with Crippen LogP contribution in [0.5, 0.6) is 5.75 Å². The van der Waals surface area contributed by atoms with Crippen LogP contribution in [-0.2, 0) is 17.8 Å². The molecule has 0 amide bonds. The van der Waals surface area contributed by atoms with E-state index in [0.717, 1.165) is 24.2 Å². The second kappa shape index (κ2) is 7.43. The lowest BCUT2D eigenvalue weighted by molar-refractivity contribution is -0.138. The average Bonchev–Trinajstić information content (AvgIpc) is 2.68. The Hall–Kier alpha value is -2.81. The molecule has 0 saturated carbocycles. The van der Waals surface area contributed by atoms with Gasteiger partial charge in [0.05, 0.1) is 0 Å². The van der Waals surface area contributed by atoms with Crippen LogP contribution in [0, 0.1) is 5.92 Å². The Bertz CT molecular complexity index is 976. The van der Waals surface area contributed by atoms with Crippen LogP contribution in [0.4, 0.5) is 0 Å². The summed E-state index contributed by atoms with van der Waals surface area (Å²) in [4.78, 5) is 11.1. The standard InChI is InChI=1S/C24H24O3/c1-16-19(14-24(25)26)8-9-21-13-22(10-11-23(16)21)27-15-17-6-7-18-4-2-3-5-20(18)12-17/h2-7,10-13,16,19H,8-9,14-15H2,1H3,(H,25,26). The normalized spacial score (nSPS) is 18.9. The van der Waals surface area contributed by atoms with E-state index >= 15 is 0 Å². The fourth-order valence-corrected chi connectivity index (χ4v) is 4.18. The van der Waals surface area contributed by atoms with Crippen molar-refractivity contribution in [1.29, 1.82) is 0 Å².